The van der Waals surface area contributed by atoms with Crippen molar-refractivity contribution < 1.29 is 4.74 Å². The van der Waals surface area contributed by atoms with E-state index >= 15 is 0 Å². The van der Waals surface area contributed by atoms with Crippen LogP contribution < -0.4 is 10.5 Å². The van der Waals surface area contributed by atoms with Gasteiger partial charge in [-0.3, -0.25) is 4.98 Å². The molecule has 0 bridgehead atoms. The number of ether oxygens (including phenoxy) is 1. The summed E-state index contributed by atoms with van der Waals surface area (Å²) in [4.78, 5) is 4.61. The molecule has 0 aliphatic heterocycles. The van der Waals surface area contributed by atoms with Crippen molar-refractivity contribution in [2.45, 2.75) is 46.0 Å². The van der Waals surface area contributed by atoms with Gasteiger partial charge in [-0.15, -0.1) is 0 Å². The SMILES string of the molecule is COc1cccnc1C1CC(C(C)(C)C)CCC1CN. The van der Waals surface area contributed by atoms with E-state index < -0.39 is 0 Å². The zero-order chi connectivity index (χ0) is 14.8. The first-order valence-electron chi connectivity index (χ1n) is 7.66. The zero-order valence-electron chi connectivity index (χ0n) is 13.2. The quantitative estimate of drug-likeness (QED) is 0.917. The van der Waals surface area contributed by atoms with Crippen molar-refractivity contribution in [1.82, 2.24) is 4.98 Å². The van der Waals surface area contributed by atoms with Gasteiger partial charge in [0.1, 0.15) is 5.75 Å². The third-order valence-corrected chi connectivity index (χ3v) is 4.89. The lowest BCUT2D eigenvalue weighted by molar-refractivity contribution is 0.130. The number of rotatable bonds is 3. The maximum absolute atomic E-state index is 6.01. The van der Waals surface area contributed by atoms with E-state index in [0.717, 1.165) is 23.9 Å². The van der Waals surface area contributed by atoms with E-state index in [0.29, 0.717) is 17.3 Å². The molecule has 2 rings (SSSR count). The van der Waals surface area contributed by atoms with Crippen molar-refractivity contribution in [1.29, 1.82) is 0 Å². The Morgan fingerprint density at radius 2 is 2.10 bits per heavy atom. The van der Waals surface area contributed by atoms with E-state index in [2.05, 4.69) is 25.8 Å². The largest absolute Gasteiger partial charge is 0.495 e. The molecule has 3 unspecified atom stereocenters. The average molecular weight is 276 g/mol. The van der Waals surface area contributed by atoms with Crippen molar-refractivity contribution in [3.8, 4) is 5.75 Å². The average Bonchev–Trinajstić information content (AvgIpc) is 2.45. The van der Waals surface area contributed by atoms with Gasteiger partial charge >= 0.3 is 0 Å². The summed E-state index contributed by atoms with van der Waals surface area (Å²) >= 11 is 0. The molecule has 112 valence electrons. The van der Waals surface area contributed by atoms with Crippen molar-refractivity contribution >= 4 is 0 Å². The van der Waals surface area contributed by atoms with Gasteiger partial charge in [0.15, 0.2) is 0 Å². The van der Waals surface area contributed by atoms with Crippen LogP contribution >= 0.6 is 0 Å². The predicted molar refractivity (Wildman–Crippen MR) is 82.9 cm³/mol. The first-order valence-corrected chi connectivity index (χ1v) is 7.66. The van der Waals surface area contributed by atoms with Gasteiger partial charge in [0.2, 0.25) is 0 Å². The van der Waals surface area contributed by atoms with Gasteiger partial charge in [-0.1, -0.05) is 20.8 Å². The molecule has 1 heterocycles. The molecule has 1 aliphatic rings. The molecule has 1 saturated carbocycles. The van der Waals surface area contributed by atoms with Crippen LogP contribution in [0.25, 0.3) is 0 Å². The lowest BCUT2D eigenvalue weighted by Crippen LogP contribution is -2.34. The number of aromatic nitrogens is 1. The summed E-state index contributed by atoms with van der Waals surface area (Å²) in [5.74, 6) is 2.58. The third kappa shape index (κ3) is 3.14. The number of hydrogen-bond donors (Lipinski definition) is 1. The molecule has 3 nitrogen and oxygen atoms in total. The smallest absolute Gasteiger partial charge is 0.140 e. The molecule has 0 aromatic carbocycles. The Morgan fingerprint density at radius 3 is 2.70 bits per heavy atom. The molecule has 0 spiro atoms. The minimum absolute atomic E-state index is 0.347. The van der Waals surface area contributed by atoms with E-state index in [1.165, 1.54) is 19.3 Å². The van der Waals surface area contributed by atoms with Crippen LogP contribution in [0.1, 0.15) is 51.6 Å². The summed E-state index contributed by atoms with van der Waals surface area (Å²) in [7, 11) is 1.72. The van der Waals surface area contributed by atoms with Crippen LogP contribution in [0.15, 0.2) is 18.3 Å². The van der Waals surface area contributed by atoms with Gasteiger partial charge in [-0.25, -0.2) is 0 Å². The Kier molecular flexibility index (Phi) is 4.69. The summed E-state index contributed by atoms with van der Waals surface area (Å²) in [5, 5.41) is 0. The number of methoxy groups -OCH3 is 1. The number of hydrogen-bond acceptors (Lipinski definition) is 3. The summed E-state index contributed by atoms with van der Waals surface area (Å²) in [6.07, 6.45) is 5.50. The maximum Gasteiger partial charge on any atom is 0.140 e. The zero-order valence-corrected chi connectivity index (χ0v) is 13.2. The molecule has 1 aromatic rings. The standard InChI is InChI=1S/C17H28N2O/c1-17(2,3)13-8-7-12(11-18)14(10-13)16-15(20-4)6-5-9-19-16/h5-6,9,12-14H,7-8,10-11,18H2,1-4H3. The minimum atomic E-state index is 0.347. The van der Waals surface area contributed by atoms with Gasteiger partial charge in [-0.2, -0.15) is 0 Å². The number of nitrogens with zero attached hydrogens (tertiary/aromatic N) is 1. The highest BCUT2D eigenvalue weighted by Crippen LogP contribution is 2.47. The van der Waals surface area contributed by atoms with Crippen LogP contribution in [0.4, 0.5) is 0 Å². The minimum Gasteiger partial charge on any atom is -0.495 e. The van der Waals surface area contributed by atoms with Gasteiger partial charge in [0.05, 0.1) is 12.8 Å². The Bertz CT molecular complexity index is 439. The van der Waals surface area contributed by atoms with Crippen LogP contribution in [-0.4, -0.2) is 18.6 Å². The van der Waals surface area contributed by atoms with Crippen LogP contribution in [0.3, 0.4) is 0 Å². The lowest BCUT2D eigenvalue weighted by Gasteiger charge is -2.41. The Morgan fingerprint density at radius 1 is 1.35 bits per heavy atom. The molecular weight excluding hydrogens is 248 g/mol. The molecule has 1 aliphatic carbocycles. The number of nitrogens with two attached hydrogens (primary N) is 1. The molecule has 0 saturated heterocycles. The molecular formula is C17H28N2O. The topological polar surface area (TPSA) is 48.1 Å². The lowest BCUT2D eigenvalue weighted by atomic mass is 9.64. The van der Waals surface area contributed by atoms with Crippen molar-refractivity contribution in [2.75, 3.05) is 13.7 Å². The van der Waals surface area contributed by atoms with Crippen LogP contribution in [0.5, 0.6) is 5.75 Å². The van der Waals surface area contributed by atoms with Crippen LogP contribution in [0.2, 0.25) is 0 Å². The molecule has 0 amide bonds. The maximum atomic E-state index is 6.01. The second-order valence-corrected chi connectivity index (χ2v) is 7.07. The second-order valence-electron chi connectivity index (χ2n) is 7.07. The van der Waals surface area contributed by atoms with Crippen molar-refractivity contribution in [3.63, 3.8) is 0 Å². The van der Waals surface area contributed by atoms with Crippen molar-refractivity contribution in [2.24, 2.45) is 23.0 Å². The molecule has 1 aromatic heterocycles. The molecule has 20 heavy (non-hydrogen) atoms. The highest BCUT2D eigenvalue weighted by Gasteiger charge is 2.37. The highest BCUT2D eigenvalue weighted by atomic mass is 16.5. The fourth-order valence-electron chi connectivity index (χ4n) is 3.49. The van der Waals surface area contributed by atoms with Gasteiger partial charge in [-0.05, 0) is 55.2 Å². The molecule has 0 radical (unpaired) electrons. The van der Waals surface area contributed by atoms with Gasteiger partial charge in [0.25, 0.3) is 0 Å². The first-order chi connectivity index (χ1) is 9.47. The first kappa shape index (κ1) is 15.3. The van der Waals surface area contributed by atoms with E-state index in [1.54, 1.807) is 7.11 Å². The van der Waals surface area contributed by atoms with E-state index in [-0.39, 0.29) is 0 Å². The van der Waals surface area contributed by atoms with Gasteiger partial charge in [0, 0.05) is 12.1 Å². The van der Waals surface area contributed by atoms with E-state index in [1.807, 2.05) is 18.3 Å². The summed E-state index contributed by atoms with van der Waals surface area (Å²) in [5.41, 5.74) is 7.45. The summed E-state index contributed by atoms with van der Waals surface area (Å²) in [6.45, 7) is 7.76. The molecule has 3 heteroatoms. The summed E-state index contributed by atoms with van der Waals surface area (Å²) < 4.78 is 5.51. The Balaban J connectivity index is 2.29. The fourth-order valence-corrected chi connectivity index (χ4v) is 3.49. The highest BCUT2D eigenvalue weighted by molar-refractivity contribution is 5.31. The predicted octanol–water partition coefficient (Wildman–Crippen LogP) is 3.59. The molecule has 3 atom stereocenters. The summed E-state index contributed by atoms with van der Waals surface area (Å²) in [6, 6.07) is 3.94. The van der Waals surface area contributed by atoms with Crippen molar-refractivity contribution in [3.05, 3.63) is 24.0 Å². The van der Waals surface area contributed by atoms with Crippen LogP contribution in [-0.2, 0) is 0 Å². The Labute approximate surface area is 122 Å². The Hall–Kier alpha value is -1.09. The van der Waals surface area contributed by atoms with Gasteiger partial charge < -0.3 is 10.5 Å². The van der Waals surface area contributed by atoms with E-state index in [4.69, 9.17) is 10.5 Å². The fraction of sp³-hybridized carbons (Fsp3) is 0.706. The molecule has 1 fully saturated rings. The molecule has 2 N–H and O–H groups in total. The van der Waals surface area contributed by atoms with E-state index in [9.17, 15) is 0 Å². The van der Waals surface area contributed by atoms with Crippen LogP contribution in [0, 0.1) is 17.3 Å². The second kappa shape index (κ2) is 6.13. The third-order valence-electron chi connectivity index (χ3n) is 4.89. The normalized spacial score (nSPS) is 27.4. The monoisotopic (exact) mass is 276 g/mol. The number of pyridine rings is 1.